The summed E-state index contributed by atoms with van der Waals surface area (Å²) in [5.74, 6) is 1.12. The second-order valence-corrected chi connectivity index (χ2v) is 7.23. The van der Waals surface area contributed by atoms with Crippen LogP contribution in [0, 0.1) is 11.2 Å². The molecule has 0 atom stereocenters. The molecular weight excluding hydrogens is 371 g/mol. The summed E-state index contributed by atoms with van der Waals surface area (Å²) in [7, 11) is 0. The molecule has 4 rings (SSSR count). The molecular formula is C20H24ClFN2O3. The average Bonchev–Trinajstić information content (AvgIpc) is 3.31. The standard InChI is InChI=1S/C20H23FN2O3.ClH/c21-15-1-3-16(4-2-15)25-13-17-5-6-18(26-17)19(24)23-11-8-20(9-12-23)7-10-22-14-20;/h1-6,22H,7-14H2;1H. The van der Waals surface area contributed by atoms with Crippen LogP contribution in [0.5, 0.6) is 5.75 Å². The Morgan fingerprint density at radius 2 is 1.89 bits per heavy atom. The Kier molecular flexibility index (Phi) is 6.07. The van der Waals surface area contributed by atoms with Crippen molar-refractivity contribution in [2.24, 2.45) is 5.41 Å². The molecule has 2 aliphatic heterocycles. The summed E-state index contributed by atoms with van der Waals surface area (Å²) in [5.41, 5.74) is 0.383. The molecule has 146 valence electrons. The predicted molar refractivity (Wildman–Crippen MR) is 102 cm³/mol. The number of ether oxygens (including phenoxy) is 1. The third-order valence-electron chi connectivity index (χ3n) is 5.51. The number of hydrogen-bond acceptors (Lipinski definition) is 4. The van der Waals surface area contributed by atoms with Crippen molar-refractivity contribution < 1.29 is 18.3 Å². The number of rotatable bonds is 4. The molecule has 1 aromatic heterocycles. The van der Waals surface area contributed by atoms with E-state index in [1.807, 2.05) is 4.90 Å². The third kappa shape index (κ3) is 4.45. The summed E-state index contributed by atoms with van der Waals surface area (Å²) in [6, 6.07) is 9.26. The number of carbonyl (C=O) groups is 1. The highest BCUT2D eigenvalue weighted by atomic mass is 35.5. The summed E-state index contributed by atoms with van der Waals surface area (Å²) in [5, 5.41) is 3.44. The highest BCUT2D eigenvalue weighted by molar-refractivity contribution is 5.91. The average molecular weight is 395 g/mol. The largest absolute Gasteiger partial charge is 0.486 e. The lowest BCUT2D eigenvalue weighted by Gasteiger charge is -2.38. The van der Waals surface area contributed by atoms with E-state index in [-0.39, 0.29) is 30.7 Å². The topological polar surface area (TPSA) is 54.7 Å². The first-order valence-electron chi connectivity index (χ1n) is 9.11. The lowest BCUT2D eigenvalue weighted by molar-refractivity contribution is 0.0573. The van der Waals surface area contributed by atoms with Crippen LogP contribution in [0.25, 0.3) is 0 Å². The quantitative estimate of drug-likeness (QED) is 0.860. The van der Waals surface area contributed by atoms with Crippen LogP contribution in [0.2, 0.25) is 0 Å². The lowest BCUT2D eigenvalue weighted by atomic mass is 9.78. The summed E-state index contributed by atoms with van der Waals surface area (Å²) >= 11 is 0. The van der Waals surface area contributed by atoms with Gasteiger partial charge in [0, 0.05) is 19.6 Å². The SMILES string of the molecule is Cl.O=C(c1ccc(COc2ccc(F)cc2)o1)N1CCC2(CCNC2)CC1. The van der Waals surface area contributed by atoms with E-state index in [9.17, 15) is 9.18 Å². The monoisotopic (exact) mass is 394 g/mol. The number of furan rings is 1. The van der Waals surface area contributed by atoms with Crippen molar-refractivity contribution in [3.05, 3.63) is 53.7 Å². The summed E-state index contributed by atoms with van der Waals surface area (Å²) in [6.07, 6.45) is 3.31. The van der Waals surface area contributed by atoms with Gasteiger partial charge in [0.15, 0.2) is 5.76 Å². The van der Waals surface area contributed by atoms with Crippen molar-refractivity contribution in [1.82, 2.24) is 10.2 Å². The molecule has 0 radical (unpaired) electrons. The van der Waals surface area contributed by atoms with E-state index in [4.69, 9.17) is 9.15 Å². The van der Waals surface area contributed by atoms with E-state index in [1.54, 1.807) is 24.3 Å². The van der Waals surface area contributed by atoms with Gasteiger partial charge in [0.25, 0.3) is 5.91 Å². The van der Waals surface area contributed by atoms with Gasteiger partial charge in [0.05, 0.1) is 0 Å². The molecule has 2 aromatic rings. The maximum atomic E-state index is 12.9. The predicted octanol–water partition coefficient (Wildman–Crippen LogP) is 3.64. The fourth-order valence-corrected chi connectivity index (χ4v) is 3.82. The first-order valence-corrected chi connectivity index (χ1v) is 9.11. The number of amides is 1. The molecule has 0 bridgehead atoms. The molecule has 0 unspecified atom stereocenters. The van der Waals surface area contributed by atoms with Gasteiger partial charge in [-0.25, -0.2) is 4.39 Å². The Morgan fingerprint density at radius 1 is 1.15 bits per heavy atom. The van der Waals surface area contributed by atoms with Crippen LogP contribution in [-0.4, -0.2) is 37.0 Å². The number of piperidine rings is 1. The normalized spacial score (nSPS) is 18.3. The zero-order chi connectivity index (χ0) is 18.0. The first-order chi connectivity index (χ1) is 12.6. The van der Waals surface area contributed by atoms with E-state index in [2.05, 4.69) is 5.32 Å². The summed E-state index contributed by atoms with van der Waals surface area (Å²) in [6.45, 7) is 3.92. The fourth-order valence-electron chi connectivity index (χ4n) is 3.82. The Hall–Kier alpha value is -2.05. The van der Waals surface area contributed by atoms with E-state index in [1.165, 1.54) is 18.6 Å². The first kappa shape index (κ1) is 19.7. The lowest BCUT2D eigenvalue weighted by Crippen LogP contribution is -2.43. The summed E-state index contributed by atoms with van der Waals surface area (Å²) < 4.78 is 24.1. The van der Waals surface area contributed by atoms with Gasteiger partial charge in [-0.1, -0.05) is 0 Å². The van der Waals surface area contributed by atoms with Crippen molar-refractivity contribution in [1.29, 1.82) is 0 Å². The Balaban J connectivity index is 0.00000210. The number of hydrogen-bond donors (Lipinski definition) is 1. The van der Waals surface area contributed by atoms with Gasteiger partial charge in [0.2, 0.25) is 0 Å². The molecule has 5 nitrogen and oxygen atoms in total. The molecule has 0 aliphatic carbocycles. The summed E-state index contributed by atoms with van der Waals surface area (Å²) in [4.78, 5) is 14.5. The van der Waals surface area contributed by atoms with Crippen LogP contribution >= 0.6 is 12.4 Å². The van der Waals surface area contributed by atoms with Crippen LogP contribution in [-0.2, 0) is 6.61 Å². The minimum atomic E-state index is -0.306. The number of benzene rings is 1. The molecule has 2 aliphatic rings. The molecule has 27 heavy (non-hydrogen) atoms. The van der Waals surface area contributed by atoms with Crippen LogP contribution in [0.4, 0.5) is 4.39 Å². The van der Waals surface area contributed by atoms with Gasteiger partial charge in [-0.2, -0.15) is 0 Å². The smallest absolute Gasteiger partial charge is 0.289 e. The molecule has 1 spiro atoms. The molecule has 1 aromatic carbocycles. The molecule has 7 heteroatoms. The molecule has 1 amide bonds. The number of halogens is 2. The zero-order valence-electron chi connectivity index (χ0n) is 15.1. The van der Waals surface area contributed by atoms with Crippen LogP contribution in [0.15, 0.2) is 40.8 Å². The minimum Gasteiger partial charge on any atom is -0.486 e. The molecule has 1 N–H and O–H groups in total. The number of nitrogens with one attached hydrogen (secondary N) is 1. The van der Waals surface area contributed by atoms with E-state index in [0.29, 0.717) is 22.7 Å². The minimum absolute atomic E-state index is 0. The van der Waals surface area contributed by atoms with E-state index in [0.717, 1.165) is 39.0 Å². The van der Waals surface area contributed by atoms with E-state index < -0.39 is 0 Å². The molecule has 2 saturated heterocycles. The third-order valence-corrected chi connectivity index (χ3v) is 5.51. The Labute approximate surface area is 164 Å². The fraction of sp³-hybridized carbons (Fsp3) is 0.450. The number of nitrogens with zero attached hydrogens (tertiary/aromatic N) is 1. The van der Waals surface area contributed by atoms with Gasteiger partial charge >= 0.3 is 0 Å². The molecule has 3 heterocycles. The van der Waals surface area contributed by atoms with Gasteiger partial charge in [-0.05, 0) is 67.6 Å². The number of likely N-dealkylation sites (tertiary alicyclic amines) is 1. The van der Waals surface area contributed by atoms with Crippen LogP contribution < -0.4 is 10.1 Å². The van der Waals surface area contributed by atoms with Gasteiger partial charge in [-0.3, -0.25) is 4.79 Å². The van der Waals surface area contributed by atoms with Crippen molar-refractivity contribution in [2.75, 3.05) is 26.2 Å². The second-order valence-electron chi connectivity index (χ2n) is 7.23. The Morgan fingerprint density at radius 3 is 2.56 bits per heavy atom. The van der Waals surface area contributed by atoms with Crippen molar-refractivity contribution in [3.63, 3.8) is 0 Å². The van der Waals surface area contributed by atoms with Gasteiger partial charge < -0.3 is 19.4 Å². The Bertz CT molecular complexity index is 762. The van der Waals surface area contributed by atoms with Crippen molar-refractivity contribution in [3.8, 4) is 5.75 Å². The molecule has 0 saturated carbocycles. The second kappa shape index (κ2) is 8.31. The van der Waals surface area contributed by atoms with Gasteiger partial charge in [0.1, 0.15) is 23.9 Å². The van der Waals surface area contributed by atoms with Crippen LogP contribution in [0.1, 0.15) is 35.6 Å². The highest BCUT2D eigenvalue weighted by Gasteiger charge is 2.38. The van der Waals surface area contributed by atoms with Gasteiger partial charge in [-0.15, -0.1) is 12.4 Å². The maximum absolute atomic E-state index is 12.9. The zero-order valence-corrected chi connectivity index (χ0v) is 15.9. The van der Waals surface area contributed by atoms with Crippen molar-refractivity contribution >= 4 is 18.3 Å². The number of carbonyl (C=O) groups excluding carboxylic acids is 1. The van der Waals surface area contributed by atoms with E-state index >= 15 is 0 Å². The van der Waals surface area contributed by atoms with Crippen LogP contribution in [0.3, 0.4) is 0 Å². The highest BCUT2D eigenvalue weighted by Crippen LogP contribution is 2.37. The maximum Gasteiger partial charge on any atom is 0.289 e. The van der Waals surface area contributed by atoms with Crippen molar-refractivity contribution in [2.45, 2.75) is 25.9 Å². The molecule has 2 fully saturated rings.